The summed E-state index contributed by atoms with van der Waals surface area (Å²) in [5, 5.41) is 8.18. The van der Waals surface area contributed by atoms with Crippen LogP contribution in [-0.2, 0) is 0 Å². The first-order valence-corrected chi connectivity index (χ1v) is 9.53. The molecular weight excluding hydrogens is 377 g/mol. The number of nitrogens with one attached hydrogen (secondary N) is 2. The second-order valence-electron chi connectivity index (χ2n) is 6.57. The monoisotopic (exact) mass is 395 g/mol. The Bertz CT molecular complexity index is 1110. The minimum Gasteiger partial charge on any atom is -0.399 e. The van der Waals surface area contributed by atoms with Gasteiger partial charge in [-0.05, 0) is 37.6 Å². The number of nitrogens with two attached hydrogens (primary N) is 1. The van der Waals surface area contributed by atoms with Crippen LogP contribution in [0.15, 0.2) is 47.6 Å². The molecule has 2 amide bonds. The van der Waals surface area contributed by atoms with Crippen molar-refractivity contribution in [2.24, 2.45) is 0 Å². The van der Waals surface area contributed by atoms with Gasteiger partial charge in [0, 0.05) is 39.7 Å². The first kappa shape index (κ1) is 18.1. The highest BCUT2D eigenvalue weighted by Gasteiger charge is 2.31. The van der Waals surface area contributed by atoms with Gasteiger partial charge in [-0.25, -0.2) is 14.8 Å². The maximum atomic E-state index is 14.3. The van der Waals surface area contributed by atoms with Crippen LogP contribution >= 0.6 is 11.3 Å². The fourth-order valence-corrected chi connectivity index (χ4v) is 4.27. The van der Waals surface area contributed by atoms with E-state index in [2.05, 4.69) is 15.6 Å². The van der Waals surface area contributed by atoms with Crippen LogP contribution in [0.4, 0.5) is 14.9 Å². The third-order valence-corrected chi connectivity index (χ3v) is 5.50. The van der Waals surface area contributed by atoms with Crippen molar-refractivity contribution in [3.8, 4) is 11.3 Å². The van der Waals surface area contributed by atoms with Crippen molar-refractivity contribution in [3.63, 3.8) is 0 Å². The second-order valence-corrected chi connectivity index (χ2v) is 7.42. The standard InChI is InChI=1S/C20H18FN5OS/c1-10-8-12(22)5-6-13(10)15-9-28-19(25-15)16-11(2)24-20(27)26-17(16)14-4-3-7-23-18(14)21/h3-9,17H,22H2,1-2H3,(H2,24,26,27). The zero-order chi connectivity index (χ0) is 19.8. The highest BCUT2D eigenvalue weighted by Crippen LogP contribution is 2.38. The van der Waals surface area contributed by atoms with E-state index >= 15 is 0 Å². The lowest BCUT2D eigenvalue weighted by atomic mass is 9.97. The van der Waals surface area contributed by atoms with Crippen LogP contribution in [0.3, 0.4) is 0 Å². The van der Waals surface area contributed by atoms with Gasteiger partial charge < -0.3 is 16.4 Å². The van der Waals surface area contributed by atoms with Gasteiger partial charge in [0.25, 0.3) is 0 Å². The minimum atomic E-state index is -0.672. The van der Waals surface area contributed by atoms with Gasteiger partial charge in [0.2, 0.25) is 5.95 Å². The molecule has 1 atom stereocenters. The molecule has 4 rings (SSSR count). The summed E-state index contributed by atoms with van der Waals surface area (Å²) in [6.45, 7) is 3.76. The number of thiazole rings is 1. The van der Waals surface area contributed by atoms with Crippen molar-refractivity contribution >= 4 is 28.6 Å². The number of benzene rings is 1. The number of pyridine rings is 1. The van der Waals surface area contributed by atoms with Crippen LogP contribution in [0, 0.1) is 12.9 Å². The molecule has 3 heterocycles. The molecule has 0 radical (unpaired) electrons. The SMILES string of the molecule is CC1=C(c2nc(-c3ccc(N)cc3C)cs2)C(c2cccnc2F)NC(=O)N1. The zero-order valence-corrected chi connectivity index (χ0v) is 16.1. The van der Waals surface area contributed by atoms with E-state index in [-0.39, 0.29) is 6.03 Å². The van der Waals surface area contributed by atoms with E-state index in [0.29, 0.717) is 22.0 Å². The molecule has 0 saturated heterocycles. The number of allylic oxidation sites excluding steroid dienone is 1. The maximum absolute atomic E-state index is 14.3. The number of carbonyl (C=O) groups excluding carboxylic acids is 1. The van der Waals surface area contributed by atoms with Crippen molar-refractivity contribution < 1.29 is 9.18 Å². The van der Waals surface area contributed by atoms with Crippen LogP contribution in [0.5, 0.6) is 0 Å². The summed E-state index contributed by atoms with van der Waals surface area (Å²) in [5.41, 5.74) is 11.0. The average Bonchev–Trinajstić information content (AvgIpc) is 3.10. The van der Waals surface area contributed by atoms with Crippen molar-refractivity contribution in [2.45, 2.75) is 19.9 Å². The van der Waals surface area contributed by atoms with E-state index in [4.69, 9.17) is 10.7 Å². The Morgan fingerprint density at radius 2 is 2.07 bits per heavy atom. The summed E-state index contributed by atoms with van der Waals surface area (Å²) in [5.74, 6) is -0.619. The smallest absolute Gasteiger partial charge is 0.319 e. The Balaban J connectivity index is 1.80. The topological polar surface area (TPSA) is 92.9 Å². The van der Waals surface area contributed by atoms with E-state index in [1.54, 1.807) is 19.1 Å². The molecule has 1 unspecified atom stereocenters. The van der Waals surface area contributed by atoms with Gasteiger partial charge in [-0.2, -0.15) is 4.39 Å². The number of aryl methyl sites for hydroxylation is 1. The maximum Gasteiger partial charge on any atom is 0.319 e. The van der Waals surface area contributed by atoms with E-state index in [1.165, 1.54) is 17.5 Å². The number of aromatic nitrogens is 2. The van der Waals surface area contributed by atoms with Gasteiger partial charge in [0.05, 0.1) is 11.7 Å². The van der Waals surface area contributed by atoms with E-state index < -0.39 is 12.0 Å². The van der Waals surface area contributed by atoms with Crippen molar-refractivity contribution in [2.75, 3.05) is 5.73 Å². The normalized spacial score (nSPS) is 16.7. The molecule has 142 valence electrons. The lowest BCUT2D eigenvalue weighted by Gasteiger charge is -2.28. The average molecular weight is 395 g/mol. The predicted octanol–water partition coefficient (Wildman–Crippen LogP) is 4.02. The number of anilines is 1. The molecule has 6 nitrogen and oxygen atoms in total. The number of halogens is 1. The van der Waals surface area contributed by atoms with E-state index in [9.17, 15) is 9.18 Å². The molecule has 2 aromatic heterocycles. The number of rotatable bonds is 3. The summed E-state index contributed by atoms with van der Waals surface area (Å²) < 4.78 is 14.3. The number of nitrogen functional groups attached to an aromatic ring is 1. The lowest BCUT2D eigenvalue weighted by molar-refractivity contribution is 0.240. The molecular formula is C20H18FN5OS. The van der Waals surface area contributed by atoms with Gasteiger partial charge in [-0.15, -0.1) is 11.3 Å². The number of nitrogens with zero attached hydrogens (tertiary/aromatic N) is 2. The van der Waals surface area contributed by atoms with E-state index in [1.807, 2.05) is 30.5 Å². The summed E-state index contributed by atoms with van der Waals surface area (Å²) in [7, 11) is 0. The van der Waals surface area contributed by atoms with E-state index in [0.717, 1.165) is 22.4 Å². The molecule has 4 N–H and O–H groups in total. The second kappa shape index (κ2) is 7.05. The molecule has 0 saturated carbocycles. The predicted molar refractivity (Wildman–Crippen MR) is 108 cm³/mol. The number of urea groups is 1. The summed E-state index contributed by atoms with van der Waals surface area (Å²) in [6, 6.07) is 7.87. The Hall–Kier alpha value is -3.26. The molecule has 0 aliphatic carbocycles. The Labute approximate surface area is 165 Å². The third kappa shape index (κ3) is 3.22. The zero-order valence-electron chi connectivity index (χ0n) is 15.3. The van der Waals surface area contributed by atoms with Crippen LogP contribution < -0.4 is 16.4 Å². The first-order chi connectivity index (χ1) is 13.4. The molecule has 1 aromatic carbocycles. The molecule has 0 bridgehead atoms. The van der Waals surface area contributed by atoms with Gasteiger partial charge in [0.1, 0.15) is 5.01 Å². The molecule has 0 fully saturated rings. The van der Waals surface area contributed by atoms with Crippen LogP contribution in [0.2, 0.25) is 0 Å². The van der Waals surface area contributed by atoms with Crippen molar-refractivity contribution in [1.29, 1.82) is 0 Å². The van der Waals surface area contributed by atoms with Crippen molar-refractivity contribution in [3.05, 3.63) is 69.7 Å². The van der Waals surface area contributed by atoms with Gasteiger partial charge in [-0.1, -0.05) is 12.1 Å². The fraction of sp³-hybridized carbons (Fsp3) is 0.150. The Kier molecular flexibility index (Phi) is 4.56. The van der Waals surface area contributed by atoms with Crippen molar-refractivity contribution in [1.82, 2.24) is 20.6 Å². The highest BCUT2D eigenvalue weighted by atomic mass is 32.1. The minimum absolute atomic E-state index is 0.298. The Morgan fingerprint density at radius 3 is 2.82 bits per heavy atom. The lowest BCUT2D eigenvalue weighted by Crippen LogP contribution is -2.43. The summed E-state index contributed by atoms with van der Waals surface area (Å²) in [6.07, 6.45) is 1.38. The number of hydrogen-bond acceptors (Lipinski definition) is 5. The fourth-order valence-electron chi connectivity index (χ4n) is 3.32. The number of carbonyl (C=O) groups is 1. The summed E-state index contributed by atoms with van der Waals surface area (Å²) in [4.78, 5) is 20.5. The summed E-state index contributed by atoms with van der Waals surface area (Å²) >= 11 is 1.44. The largest absolute Gasteiger partial charge is 0.399 e. The number of amides is 2. The van der Waals surface area contributed by atoms with Gasteiger partial charge in [0.15, 0.2) is 0 Å². The van der Waals surface area contributed by atoms with Gasteiger partial charge >= 0.3 is 6.03 Å². The molecule has 28 heavy (non-hydrogen) atoms. The molecule has 3 aromatic rings. The molecule has 1 aliphatic rings. The molecule has 8 heteroatoms. The van der Waals surface area contributed by atoms with Gasteiger partial charge in [-0.3, -0.25) is 0 Å². The highest BCUT2D eigenvalue weighted by molar-refractivity contribution is 7.11. The van der Waals surface area contributed by atoms with Crippen LogP contribution in [-0.4, -0.2) is 16.0 Å². The van der Waals surface area contributed by atoms with Crippen LogP contribution in [0.25, 0.3) is 16.8 Å². The quantitative estimate of drug-likeness (QED) is 0.461. The molecule has 1 aliphatic heterocycles. The Morgan fingerprint density at radius 1 is 1.25 bits per heavy atom. The first-order valence-electron chi connectivity index (χ1n) is 8.65. The molecule has 0 spiro atoms. The third-order valence-electron chi connectivity index (χ3n) is 4.63. The van der Waals surface area contributed by atoms with Crippen LogP contribution in [0.1, 0.15) is 29.1 Å². The number of hydrogen-bond donors (Lipinski definition) is 3.